The molecule has 96 valence electrons. The lowest BCUT2D eigenvalue weighted by Crippen LogP contribution is -2.17. The molecule has 1 aliphatic rings. The van der Waals surface area contributed by atoms with Crippen LogP contribution < -0.4 is 0 Å². The molecule has 1 unspecified atom stereocenters. The zero-order valence-electron chi connectivity index (χ0n) is 9.96. The molecule has 0 radical (unpaired) electrons. The molecular formula is C11H18N2O4. The van der Waals surface area contributed by atoms with Crippen molar-refractivity contribution in [2.24, 2.45) is 0 Å². The SMILES string of the molecule is COCC(O)Cc1nc(C2CCOCC2)no1. The first-order chi connectivity index (χ1) is 8.29. The van der Waals surface area contributed by atoms with Crippen molar-refractivity contribution >= 4 is 0 Å². The molecule has 6 heteroatoms. The molecule has 2 heterocycles. The highest BCUT2D eigenvalue weighted by atomic mass is 16.5. The van der Waals surface area contributed by atoms with E-state index in [1.807, 2.05) is 0 Å². The number of ether oxygens (including phenoxy) is 2. The van der Waals surface area contributed by atoms with E-state index in [0.29, 0.717) is 18.2 Å². The van der Waals surface area contributed by atoms with Crippen molar-refractivity contribution in [3.63, 3.8) is 0 Å². The number of methoxy groups -OCH3 is 1. The maximum absolute atomic E-state index is 9.55. The molecule has 1 aromatic rings. The summed E-state index contributed by atoms with van der Waals surface area (Å²) in [5.41, 5.74) is 0. The smallest absolute Gasteiger partial charge is 0.229 e. The van der Waals surface area contributed by atoms with Gasteiger partial charge in [0.15, 0.2) is 5.82 Å². The summed E-state index contributed by atoms with van der Waals surface area (Å²) in [6.45, 7) is 1.77. The molecule has 1 saturated heterocycles. The zero-order valence-corrected chi connectivity index (χ0v) is 9.96. The van der Waals surface area contributed by atoms with E-state index in [1.165, 1.54) is 0 Å². The number of rotatable bonds is 5. The maximum Gasteiger partial charge on any atom is 0.229 e. The van der Waals surface area contributed by atoms with Gasteiger partial charge < -0.3 is 19.1 Å². The van der Waals surface area contributed by atoms with Crippen LogP contribution in [-0.2, 0) is 15.9 Å². The highest BCUT2D eigenvalue weighted by Gasteiger charge is 2.22. The summed E-state index contributed by atoms with van der Waals surface area (Å²) in [7, 11) is 1.55. The summed E-state index contributed by atoms with van der Waals surface area (Å²) < 4.78 is 15.2. The first-order valence-corrected chi connectivity index (χ1v) is 5.87. The lowest BCUT2D eigenvalue weighted by Gasteiger charge is -2.18. The second kappa shape index (κ2) is 6.09. The van der Waals surface area contributed by atoms with E-state index < -0.39 is 6.10 Å². The van der Waals surface area contributed by atoms with Crippen LogP contribution in [0.1, 0.15) is 30.5 Å². The molecule has 1 N–H and O–H groups in total. The van der Waals surface area contributed by atoms with Gasteiger partial charge in [-0.2, -0.15) is 4.98 Å². The molecule has 1 aromatic heterocycles. The summed E-state index contributed by atoms with van der Waals surface area (Å²) in [6.07, 6.45) is 1.60. The molecule has 1 atom stereocenters. The van der Waals surface area contributed by atoms with Crippen LogP contribution in [0.15, 0.2) is 4.52 Å². The molecule has 6 nitrogen and oxygen atoms in total. The van der Waals surface area contributed by atoms with Crippen LogP contribution in [0.2, 0.25) is 0 Å². The molecule has 0 saturated carbocycles. The molecule has 0 aliphatic carbocycles. The van der Waals surface area contributed by atoms with Gasteiger partial charge >= 0.3 is 0 Å². The van der Waals surface area contributed by atoms with Gasteiger partial charge in [-0.05, 0) is 12.8 Å². The Hall–Kier alpha value is -0.980. The third-order valence-corrected chi connectivity index (χ3v) is 2.84. The van der Waals surface area contributed by atoms with Gasteiger partial charge in [0, 0.05) is 26.2 Å². The number of nitrogens with zero attached hydrogens (tertiary/aromatic N) is 2. The van der Waals surface area contributed by atoms with E-state index in [0.717, 1.165) is 31.9 Å². The van der Waals surface area contributed by atoms with Gasteiger partial charge in [-0.25, -0.2) is 0 Å². The standard InChI is InChI=1S/C11H18N2O4/c1-15-7-9(14)6-10-12-11(13-17-10)8-2-4-16-5-3-8/h8-9,14H,2-7H2,1H3. The number of hydrogen-bond donors (Lipinski definition) is 1. The van der Waals surface area contributed by atoms with Crippen LogP contribution in [-0.4, -0.2) is 48.3 Å². The van der Waals surface area contributed by atoms with E-state index in [2.05, 4.69) is 10.1 Å². The number of hydrogen-bond acceptors (Lipinski definition) is 6. The topological polar surface area (TPSA) is 77.6 Å². The number of aliphatic hydroxyl groups is 1. The van der Waals surface area contributed by atoms with Gasteiger partial charge in [0.25, 0.3) is 0 Å². The number of aliphatic hydroxyl groups excluding tert-OH is 1. The van der Waals surface area contributed by atoms with Crippen molar-refractivity contribution in [3.8, 4) is 0 Å². The van der Waals surface area contributed by atoms with E-state index in [-0.39, 0.29) is 6.61 Å². The average molecular weight is 242 g/mol. The third-order valence-electron chi connectivity index (χ3n) is 2.84. The maximum atomic E-state index is 9.55. The fourth-order valence-electron chi connectivity index (χ4n) is 1.93. The Morgan fingerprint density at radius 3 is 2.94 bits per heavy atom. The Morgan fingerprint density at radius 1 is 1.47 bits per heavy atom. The molecule has 17 heavy (non-hydrogen) atoms. The fraction of sp³-hybridized carbons (Fsp3) is 0.818. The summed E-state index contributed by atoms with van der Waals surface area (Å²) in [4.78, 5) is 4.31. The summed E-state index contributed by atoms with van der Waals surface area (Å²) in [5, 5.41) is 13.5. The van der Waals surface area contributed by atoms with Crippen LogP contribution in [0.25, 0.3) is 0 Å². The van der Waals surface area contributed by atoms with Gasteiger partial charge in [0.1, 0.15) is 0 Å². The molecule has 1 fully saturated rings. The normalized spacial score (nSPS) is 19.4. The van der Waals surface area contributed by atoms with Crippen molar-refractivity contribution < 1.29 is 19.1 Å². The van der Waals surface area contributed by atoms with E-state index in [9.17, 15) is 5.11 Å². The molecular weight excluding hydrogens is 224 g/mol. The molecule has 2 rings (SSSR count). The fourth-order valence-corrected chi connectivity index (χ4v) is 1.93. The Balaban J connectivity index is 1.90. The lowest BCUT2D eigenvalue weighted by atomic mass is 10.00. The van der Waals surface area contributed by atoms with Gasteiger partial charge in [-0.3, -0.25) is 0 Å². The summed E-state index contributed by atoms with van der Waals surface area (Å²) >= 11 is 0. The second-order valence-electron chi connectivity index (χ2n) is 4.25. The predicted octanol–water partition coefficient (Wildman–Crippen LogP) is 0.513. The lowest BCUT2D eigenvalue weighted by molar-refractivity contribution is 0.0599. The molecule has 1 aliphatic heterocycles. The summed E-state index contributed by atoms with van der Waals surface area (Å²) in [5.74, 6) is 1.52. The Labute approximate surface area is 99.9 Å². The van der Waals surface area contributed by atoms with Crippen LogP contribution in [0.4, 0.5) is 0 Å². The van der Waals surface area contributed by atoms with Crippen molar-refractivity contribution in [2.75, 3.05) is 26.9 Å². The van der Waals surface area contributed by atoms with Crippen LogP contribution in [0, 0.1) is 0 Å². The van der Waals surface area contributed by atoms with Crippen molar-refractivity contribution in [1.82, 2.24) is 10.1 Å². The number of aromatic nitrogens is 2. The third kappa shape index (κ3) is 3.49. The Morgan fingerprint density at radius 2 is 2.24 bits per heavy atom. The van der Waals surface area contributed by atoms with E-state index in [4.69, 9.17) is 14.0 Å². The zero-order chi connectivity index (χ0) is 12.1. The largest absolute Gasteiger partial charge is 0.390 e. The van der Waals surface area contributed by atoms with Gasteiger partial charge in [0.05, 0.1) is 19.1 Å². The summed E-state index contributed by atoms with van der Waals surface area (Å²) in [6, 6.07) is 0. The highest BCUT2D eigenvalue weighted by molar-refractivity contribution is 4.97. The quantitative estimate of drug-likeness (QED) is 0.810. The van der Waals surface area contributed by atoms with Crippen LogP contribution in [0.3, 0.4) is 0 Å². The van der Waals surface area contributed by atoms with Crippen molar-refractivity contribution in [3.05, 3.63) is 11.7 Å². The molecule has 0 bridgehead atoms. The Bertz CT molecular complexity index is 336. The van der Waals surface area contributed by atoms with E-state index in [1.54, 1.807) is 7.11 Å². The monoisotopic (exact) mass is 242 g/mol. The van der Waals surface area contributed by atoms with Crippen LogP contribution in [0.5, 0.6) is 0 Å². The van der Waals surface area contributed by atoms with Crippen molar-refractivity contribution in [1.29, 1.82) is 0 Å². The van der Waals surface area contributed by atoms with E-state index >= 15 is 0 Å². The Kier molecular flexibility index (Phi) is 4.47. The second-order valence-corrected chi connectivity index (χ2v) is 4.25. The van der Waals surface area contributed by atoms with Gasteiger partial charge in [-0.15, -0.1) is 0 Å². The van der Waals surface area contributed by atoms with Gasteiger partial charge in [0.2, 0.25) is 5.89 Å². The minimum Gasteiger partial charge on any atom is -0.390 e. The first-order valence-electron chi connectivity index (χ1n) is 5.87. The highest BCUT2D eigenvalue weighted by Crippen LogP contribution is 2.24. The van der Waals surface area contributed by atoms with Gasteiger partial charge in [-0.1, -0.05) is 5.16 Å². The first kappa shape index (κ1) is 12.5. The van der Waals surface area contributed by atoms with Crippen molar-refractivity contribution in [2.45, 2.75) is 31.3 Å². The average Bonchev–Trinajstić information content (AvgIpc) is 2.79. The molecule has 0 aromatic carbocycles. The molecule has 0 amide bonds. The van der Waals surface area contributed by atoms with Crippen LogP contribution >= 0.6 is 0 Å². The molecule has 0 spiro atoms. The minimum absolute atomic E-state index is 0.273. The minimum atomic E-state index is -0.594. The predicted molar refractivity (Wildman–Crippen MR) is 58.7 cm³/mol.